The van der Waals surface area contributed by atoms with Gasteiger partial charge in [-0.25, -0.2) is 4.98 Å². The van der Waals surface area contributed by atoms with Gasteiger partial charge in [0, 0.05) is 18.8 Å². The molecule has 0 aliphatic rings. The molecule has 2 aromatic heterocycles. The van der Waals surface area contributed by atoms with Crippen LogP contribution in [0, 0.1) is 10.1 Å². The zero-order valence-electron chi connectivity index (χ0n) is 10.5. The van der Waals surface area contributed by atoms with Crippen molar-refractivity contribution in [1.82, 2.24) is 9.55 Å². The number of amides is 1. The number of nitro groups is 1. The quantitative estimate of drug-likeness (QED) is 0.685. The van der Waals surface area contributed by atoms with Crippen molar-refractivity contribution in [3.8, 4) is 0 Å². The normalized spacial score (nSPS) is 10.3. The number of halogens is 1. The van der Waals surface area contributed by atoms with Gasteiger partial charge in [0.25, 0.3) is 11.6 Å². The Bertz CT molecular complexity index is 668. The number of carbonyl (C=O) groups excluding carboxylic acids is 1. The first-order valence-corrected chi connectivity index (χ1v) is 6.58. The van der Waals surface area contributed by atoms with Crippen LogP contribution >= 0.6 is 15.9 Å². The van der Waals surface area contributed by atoms with Crippen LogP contribution in [-0.4, -0.2) is 20.4 Å². The summed E-state index contributed by atoms with van der Waals surface area (Å²) in [6, 6.07) is 4.71. The lowest BCUT2D eigenvalue weighted by atomic mass is 10.3. The van der Waals surface area contributed by atoms with Crippen LogP contribution in [0.4, 0.5) is 11.5 Å². The van der Waals surface area contributed by atoms with E-state index >= 15 is 0 Å². The van der Waals surface area contributed by atoms with E-state index in [2.05, 4.69) is 26.2 Å². The van der Waals surface area contributed by atoms with Gasteiger partial charge in [-0.1, -0.05) is 0 Å². The summed E-state index contributed by atoms with van der Waals surface area (Å²) in [5.74, 6) is -0.0802. The van der Waals surface area contributed by atoms with E-state index in [1.165, 1.54) is 16.8 Å². The van der Waals surface area contributed by atoms with Crippen LogP contribution in [0.15, 0.2) is 35.1 Å². The highest BCUT2D eigenvalue weighted by atomic mass is 79.9. The Kier molecular flexibility index (Phi) is 4.14. The number of nitrogens with zero attached hydrogens (tertiary/aromatic N) is 3. The fourth-order valence-electron chi connectivity index (χ4n) is 1.70. The Balaban J connectivity index is 2.29. The molecular formula is C12H11BrN4O3. The largest absolute Gasteiger partial charge is 0.337 e. The van der Waals surface area contributed by atoms with Crippen LogP contribution in [0.2, 0.25) is 0 Å². The standard InChI is InChI=1S/C12H11BrN4O3/c1-2-16-7-8(17(19)20)6-10(16)12(18)15-11-9(13)4-3-5-14-11/h3-7H,2H2,1H3,(H,14,15,18). The number of hydrogen-bond donors (Lipinski definition) is 1. The third-order valence-electron chi connectivity index (χ3n) is 2.66. The number of anilines is 1. The zero-order valence-corrected chi connectivity index (χ0v) is 12.1. The van der Waals surface area contributed by atoms with Crippen molar-refractivity contribution in [3.63, 3.8) is 0 Å². The highest BCUT2D eigenvalue weighted by molar-refractivity contribution is 9.10. The molecular weight excluding hydrogens is 328 g/mol. The number of pyridine rings is 1. The molecule has 2 aromatic rings. The molecule has 0 atom stereocenters. The van der Waals surface area contributed by atoms with Crippen molar-refractivity contribution in [2.75, 3.05) is 5.32 Å². The Morgan fingerprint density at radius 1 is 1.60 bits per heavy atom. The van der Waals surface area contributed by atoms with Gasteiger partial charge < -0.3 is 9.88 Å². The number of aryl methyl sites for hydroxylation is 1. The molecule has 0 saturated carbocycles. The molecule has 1 amide bonds. The lowest BCUT2D eigenvalue weighted by Gasteiger charge is -2.07. The molecule has 20 heavy (non-hydrogen) atoms. The van der Waals surface area contributed by atoms with E-state index in [4.69, 9.17) is 0 Å². The Labute approximate surface area is 122 Å². The summed E-state index contributed by atoms with van der Waals surface area (Å²) in [4.78, 5) is 26.4. The monoisotopic (exact) mass is 338 g/mol. The van der Waals surface area contributed by atoms with E-state index in [-0.39, 0.29) is 11.4 Å². The van der Waals surface area contributed by atoms with Crippen molar-refractivity contribution in [2.45, 2.75) is 13.5 Å². The van der Waals surface area contributed by atoms with Gasteiger partial charge in [0.1, 0.15) is 11.5 Å². The molecule has 7 nitrogen and oxygen atoms in total. The first-order chi connectivity index (χ1) is 9.52. The topological polar surface area (TPSA) is 90.1 Å². The van der Waals surface area contributed by atoms with E-state index in [9.17, 15) is 14.9 Å². The Morgan fingerprint density at radius 3 is 2.95 bits per heavy atom. The van der Waals surface area contributed by atoms with Gasteiger partial charge in [0.2, 0.25) is 0 Å². The van der Waals surface area contributed by atoms with Crippen molar-refractivity contribution in [1.29, 1.82) is 0 Å². The van der Waals surface area contributed by atoms with Crippen LogP contribution in [0.3, 0.4) is 0 Å². The van der Waals surface area contributed by atoms with Crippen LogP contribution in [-0.2, 0) is 6.54 Å². The lowest BCUT2D eigenvalue weighted by molar-refractivity contribution is -0.384. The Hall–Kier alpha value is -2.22. The highest BCUT2D eigenvalue weighted by Crippen LogP contribution is 2.21. The molecule has 2 heterocycles. The van der Waals surface area contributed by atoms with Crippen LogP contribution in [0.1, 0.15) is 17.4 Å². The second kappa shape index (κ2) is 5.83. The minimum atomic E-state index is -0.528. The molecule has 0 bridgehead atoms. The maximum absolute atomic E-state index is 12.2. The van der Waals surface area contributed by atoms with Gasteiger partial charge in [0.15, 0.2) is 0 Å². The first-order valence-electron chi connectivity index (χ1n) is 5.79. The van der Waals surface area contributed by atoms with E-state index in [0.717, 1.165) is 0 Å². The maximum atomic E-state index is 12.2. The van der Waals surface area contributed by atoms with Gasteiger partial charge in [-0.3, -0.25) is 14.9 Å². The summed E-state index contributed by atoms with van der Waals surface area (Å²) in [7, 11) is 0. The van der Waals surface area contributed by atoms with E-state index in [1.807, 2.05) is 0 Å². The summed E-state index contributed by atoms with van der Waals surface area (Å²) < 4.78 is 2.15. The second-order valence-corrected chi connectivity index (χ2v) is 4.77. The number of carbonyl (C=O) groups is 1. The maximum Gasteiger partial charge on any atom is 0.287 e. The highest BCUT2D eigenvalue weighted by Gasteiger charge is 2.19. The van der Waals surface area contributed by atoms with Crippen molar-refractivity contribution >= 4 is 33.3 Å². The van der Waals surface area contributed by atoms with Gasteiger partial charge in [-0.05, 0) is 35.0 Å². The predicted octanol–water partition coefficient (Wildman–Crippen LogP) is 2.83. The van der Waals surface area contributed by atoms with Crippen LogP contribution in [0.5, 0.6) is 0 Å². The van der Waals surface area contributed by atoms with Gasteiger partial charge in [-0.15, -0.1) is 0 Å². The van der Waals surface area contributed by atoms with Gasteiger partial charge in [-0.2, -0.15) is 0 Å². The molecule has 0 spiro atoms. The van der Waals surface area contributed by atoms with Crippen molar-refractivity contribution < 1.29 is 9.72 Å². The zero-order chi connectivity index (χ0) is 14.7. The molecule has 0 fully saturated rings. The lowest BCUT2D eigenvalue weighted by Crippen LogP contribution is -2.17. The molecule has 0 radical (unpaired) electrons. The third-order valence-corrected chi connectivity index (χ3v) is 3.30. The number of nitrogens with one attached hydrogen (secondary N) is 1. The van der Waals surface area contributed by atoms with Crippen molar-refractivity contribution in [3.05, 3.63) is 50.9 Å². The average molecular weight is 339 g/mol. The number of aromatic nitrogens is 2. The summed E-state index contributed by atoms with van der Waals surface area (Å²) in [6.07, 6.45) is 2.88. The summed E-state index contributed by atoms with van der Waals surface area (Å²) in [5, 5.41) is 13.4. The molecule has 104 valence electrons. The van der Waals surface area contributed by atoms with E-state index in [0.29, 0.717) is 16.8 Å². The van der Waals surface area contributed by atoms with Crippen LogP contribution < -0.4 is 5.32 Å². The van der Waals surface area contributed by atoms with Crippen LogP contribution in [0.25, 0.3) is 0 Å². The number of hydrogen-bond acceptors (Lipinski definition) is 4. The fourth-order valence-corrected chi connectivity index (χ4v) is 2.05. The van der Waals surface area contributed by atoms with E-state index in [1.54, 1.807) is 25.3 Å². The molecule has 0 aromatic carbocycles. The summed E-state index contributed by atoms with van der Waals surface area (Å²) in [5.41, 5.74) is 0.105. The summed E-state index contributed by atoms with van der Waals surface area (Å²) >= 11 is 3.27. The third kappa shape index (κ3) is 2.85. The molecule has 1 N–H and O–H groups in total. The first kappa shape index (κ1) is 14.2. The molecule has 0 aliphatic heterocycles. The van der Waals surface area contributed by atoms with Gasteiger partial charge >= 0.3 is 0 Å². The second-order valence-electron chi connectivity index (χ2n) is 3.91. The molecule has 0 unspecified atom stereocenters. The molecule has 2 rings (SSSR count). The fraction of sp³-hybridized carbons (Fsp3) is 0.167. The summed E-state index contributed by atoms with van der Waals surface area (Å²) in [6.45, 7) is 2.26. The predicted molar refractivity (Wildman–Crippen MR) is 76.7 cm³/mol. The number of rotatable bonds is 4. The average Bonchev–Trinajstić information content (AvgIpc) is 2.85. The van der Waals surface area contributed by atoms with Gasteiger partial charge in [0.05, 0.1) is 15.6 Å². The molecule has 0 aliphatic carbocycles. The molecule has 0 saturated heterocycles. The minimum Gasteiger partial charge on any atom is -0.337 e. The SMILES string of the molecule is CCn1cc([N+](=O)[O-])cc1C(=O)Nc1ncccc1Br. The Morgan fingerprint density at radius 2 is 2.35 bits per heavy atom. The minimum absolute atomic E-state index is 0.114. The molecule has 8 heteroatoms. The smallest absolute Gasteiger partial charge is 0.287 e. The van der Waals surface area contributed by atoms with Crippen molar-refractivity contribution in [2.24, 2.45) is 0 Å². The van der Waals surface area contributed by atoms with E-state index < -0.39 is 10.8 Å².